The van der Waals surface area contributed by atoms with E-state index in [0.29, 0.717) is 38.4 Å². The Morgan fingerprint density at radius 1 is 1.10 bits per heavy atom. The van der Waals surface area contributed by atoms with Crippen molar-refractivity contribution in [2.45, 2.75) is 20.0 Å². The molecule has 10 heteroatoms. The van der Waals surface area contributed by atoms with Gasteiger partial charge in [0.15, 0.2) is 0 Å². The van der Waals surface area contributed by atoms with Gasteiger partial charge in [0.25, 0.3) is 10.2 Å². The van der Waals surface area contributed by atoms with Gasteiger partial charge in [-0.3, -0.25) is 9.88 Å². The number of benzene rings is 1. The summed E-state index contributed by atoms with van der Waals surface area (Å²) in [5, 5.41) is 5.62. The molecular formula is C21H30N6O3S. The van der Waals surface area contributed by atoms with Crippen molar-refractivity contribution in [2.75, 3.05) is 45.6 Å². The number of hydrogen-bond donors (Lipinski definition) is 2. The van der Waals surface area contributed by atoms with Crippen LogP contribution >= 0.6 is 0 Å². The van der Waals surface area contributed by atoms with Gasteiger partial charge in [-0.15, -0.1) is 0 Å². The zero-order valence-corrected chi connectivity index (χ0v) is 19.0. The van der Waals surface area contributed by atoms with Crippen LogP contribution in [0.5, 0.6) is 0 Å². The van der Waals surface area contributed by atoms with E-state index in [1.165, 1.54) is 8.61 Å². The Morgan fingerprint density at radius 2 is 1.81 bits per heavy atom. The minimum atomic E-state index is -3.35. The monoisotopic (exact) mass is 446 g/mol. The van der Waals surface area contributed by atoms with Crippen LogP contribution in [0.25, 0.3) is 0 Å². The van der Waals surface area contributed by atoms with Crippen LogP contribution in [0.4, 0.5) is 10.5 Å². The third kappa shape index (κ3) is 6.47. The van der Waals surface area contributed by atoms with E-state index < -0.39 is 10.2 Å². The van der Waals surface area contributed by atoms with Gasteiger partial charge in [-0.1, -0.05) is 24.3 Å². The summed E-state index contributed by atoms with van der Waals surface area (Å²) in [5.74, 6) is 0. The molecule has 2 amide bonds. The number of rotatable bonds is 7. The maximum absolute atomic E-state index is 12.2. The second-order valence-electron chi connectivity index (χ2n) is 7.78. The first-order valence-corrected chi connectivity index (χ1v) is 11.6. The van der Waals surface area contributed by atoms with Crippen molar-refractivity contribution in [3.8, 4) is 0 Å². The van der Waals surface area contributed by atoms with E-state index in [-0.39, 0.29) is 6.03 Å². The molecule has 0 unspecified atom stereocenters. The number of piperazine rings is 1. The van der Waals surface area contributed by atoms with Gasteiger partial charge >= 0.3 is 6.03 Å². The largest absolute Gasteiger partial charge is 0.334 e. The summed E-state index contributed by atoms with van der Waals surface area (Å²) in [6.45, 7) is 5.37. The molecule has 0 saturated carbocycles. The van der Waals surface area contributed by atoms with E-state index in [1.807, 2.05) is 37.3 Å². The average molecular weight is 447 g/mol. The molecule has 0 bridgehead atoms. The molecule has 0 radical (unpaired) electrons. The van der Waals surface area contributed by atoms with Crippen molar-refractivity contribution >= 4 is 21.9 Å². The Morgan fingerprint density at radius 3 is 2.45 bits per heavy atom. The summed E-state index contributed by atoms with van der Waals surface area (Å²) in [6.07, 6.45) is 1.62. The van der Waals surface area contributed by atoms with Gasteiger partial charge in [-0.25, -0.2) is 4.79 Å². The number of carbonyl (C=O) groups excluding carboxylic acids is 1. The predicted molar refractivity (Wildman–Crippen MR) is 121 cm³/mol. The van der Waals surface area contributed by atoms with Gasteiger partial charge in [0.1, 0.15) is 0 Å². The zero-order valence-electron chi connectivity index (χ0n) is 18.2. The summed E-state index contributed by atoms with van der Waals surface area (Å²) in [4.78, 5) is 18.5. The topological polar surface area (TPSA) is 97.9 Å². The van der Waals surface area contributed by atoms with Crippen LogP contribution in [-0.4, -0.2) is 73.2 Å². The highest BCUT2D eigenvalue weighted by atomic mass is 32.2. The third-order valence-electron chi connectivity index (χ3n) is 5.14. The van der Waals surface area contributed by atoms with Crippen molar-refractivity contribution in [3.05, 3.63) is 59.4 Å². The molecule has 1 fully saturated rings. The fourth-order valence-corrected chi connectivity index (χ4v) is 4.43. The van der Waals surface area contributed by atoms with E-state index in [2.05, 4.69) is 26.6 Å². The second kappa shape index (κ2) is 10.2. The molecule has 9 nitrogen and oxygen atoms in total. The Kier molecular flexibility index (Phi) is 7.60. The fourth-order valence-electron chi connectivity index (χ4n) is 3.34. The number of urea groups is 1. The number of nitrogens with zero attached hydrogens (tertiary/aromatic N) is 4. The van der Waals surface area contributed by atoms with Gasteiger partial charge in [0.05, 0.1) is 11.9 Å². The van der Waals surface area contributed by atoms with Gasteiger partial charge < -0.3 is 10.6 Å². The molecule has 1 aromatic carbocycles. The molecular weight excluding hydrogens is 416 g/mol. The molecule has 2 N–H and O–H groups in total. The van der Waals surface area contributed by atoms with Crippen molar-refractivity contribution in [1.29, 1.82) is 0 Å². The quantitative estimate of drug-likeness (QED) is 0.674. The number of carbonyl (C=O) groups is 1. The maximum atomic E-state index is 12.2. The minimum absolute atomic E-state index is 0.283. The van der Waals surface area contributed by atoms with Gasteiger partial charge in [0, 0.05) is 59.1 Å². The first-order chi connectivity index (χ1) is 14.7. The summed E-state index contributed by atoms with van der Waals surface area (Å²) < 4.78 is 27.3. The van der Waals surface area contributed by atoms with Crippen LogP contribution in [0.1, 0.15) is 16.8 Å². The number of hydrogen-bond acceptors (Lipinski definition) is 5. The molecule has 31 heavy (non-hydrogen) atoms. The highest BCUT2D eigenvalue weighted by Crippen LogP contribution is 2.14. The van der Waals surface area contributed by atoms with Crippen molar-refractivity contribution in [3.63, 3.8) is 0 Å². The summed E-state index contributed by atoms with van der Waals surface area (Å²) in [5.41, 5.74) is 3.67. The predicted octanol–water partition coefficient (Wildman–Crippen LogP) is 1.64. The summed E-state index contributed by atoms with van der Waals surface area (Å²) >= 11 is 0. The normalized spacial score (nSPS) is 15.7. The lowest BCUT2D eigenvalue weighted by atomic mass is 10.1. The van der Waals surface area contributed by atoms with Gasteiger partial charge in [0.2, 0.25) is 0 Å². The van der Waals surface area contributed by atoms with E-state index >= 15 is 0 Å². The van der Waals surface area contributed by atoms with Crippen molar-refractivity contribution < 1.29 is 13.2 Å². The summed E-state index contributed by atoms with van der Waals surface area (Å²) in [7, 11) is -0.244. The lowest BCUT2D eigenvalue weighted by Crippen LogP contribution is -2.51. The lowest BCUT2D eigenvalue weighted by molar-refractivity contribution is 0.177. The molecule has 0 spiro atoms. The smallest absolute Gasteiger partial charge is 0.319 e. The fraction of sp³-hybridized carbons (Fsp3) is 0.429. The molecule has 2 heterocycles. The third-order valence-corrected chi connectivity index (χ3v) is 7.08. The standard InChI is InChI=1S/C21H30N6O3S/c1-17-7-8-20(15-22-17)24-21(28)23-14-18-5-4-6-19(13-18)16-26-9-11-27(12-10-26)31(29,30)25(2)3/h4-8,13,15H,9-12,14,16H2,1-3H3,(H2,23,24,28). The maximum Gasteiger partial charge on any atom is 0.319 e. The molecule has 3 rings (SSSR count). The Balaban J connectivity index is 1.48. The second-order valence-corrected chi connectivity index (χ2v) is 9.92. The zero-order chi connectivity index (χ0) is 22.4. The SMILES string of the molecule is Cc1ccc(NC(=O)NCc2cccc(CN3CCN(S(=O)(=O)N(C)C)CC3)c2)cn1. The average Bonchev–Trinajstić information content (AvgIpc) is 2.74. The van der Waals surface area contributed by atoms with Crippen LogP contribution < -0.4 is 10.6 Å². The molecule has 168 valence electrons. The molecule has 0 aliphatic carbocycles. The molecule has 1 saturated heterocycles. The van der Waals surface area contributed by atoms with Crippen molar-refractivity contribution in [1.82, 2.24) is 23.8 Å². The van der Waals surface area contributed by atoms with Crippen LogP contribution in [0.15, 0.2) is 42.6 Å². The van der Waals surface area contributed by atoms with E-state index in [0.717, 1.165) is 23.4 Å². The number of amides is 2. The lowest BCUT2D eigenvalue weighted by Gasteiger charge is -2.35. The van der Waals surface area contributed by atoms with Crippen LogP contribution in [0.3, 0.4) is 0 Å². The van der Waals surface area contributed by atoms with Crippen LogP contribution in [-0.2, 0) is 23.3 Å². The first-order valence-electron chi connectivity index (χ1n) is 10.2. The number of aromatic nitrogens is 1. The Labute approximate surface area is 184 Å². The number of aryl methyl sites for hydroxylation is 1. The van der Waals surface area contributed by atoms with E-state index in [9.17, 15) is 13.2 Å². The highest BCUT2D eigenvalue weighted by Gasteiger charge is 2.28. The molecule has 0 atom stereocenters. The first kappa shape index (κ1) is 23.1. The van der Waals surface area contributed by atoms with Crippen LogP contribution in [0.2, 0.25) is 0 Å². The van der Waals surface area contributed by atoms with E-state index in [4.69, 9.17) is 0 Å². The molecule has 1 aromatic heterocycles. The number of nitrogens with one attached hydrogen (secondary N) is 2. The Bertz CT molecular complexity index is 986. The molecule has 1 aliphatic rings. The molecule has 2 aromatic rings. The minimum Gasteiger partial charge on any atom is -0.334 e. The molecule has 1 aliphatic heterocycles. The highest BCUT2D eigenvalue weighted by molar-refractivity contribution is 7.86. The Hall–Kier alpha value is -2.53. The summed E-state index contributed by atoms with van der Waals surface area (Å²) in [6, 6.07) is 11.4. The van der Waals surface area contributed by atoms with Crippen molar-refractivity contribution in [2.24, 2.45) is 0 Å². The number of pyridine rings is 1. The van der Waals surface area contributed by atoms with Crippen LogP contribution in [0, 0.1) is 6.92 Å². The van der Waals surface area contributed by atoms with Gasteiger partial charge in [-0.05, 0) is 30.2 Å². The number of anilines is 1. The van der Waals surface area contributed by atoms with Gasteiger partial charge in [-0.2, -0.15) is 17.0 Å². The van der Waals surface area contributed by atoms with E-state index in [1.54, 1.807) is 20.3 Å².